The van der Waals surface area contributed by atoms with E-state index in [-0.39, 0.29) is 0 Å². The number of rotatable bonds is 2. The van der Waals surface area contributed by atoms with Gasteiger partial charge in [-0.3, -0.25) is 4.99 Å². The smallest absolute Gasteiger partial charge is 0.194 e. The maximum atomic E-state index is 4.45. The van der Waals surface area contributed by atoms with Crippen molar-refractivity contribution < 1.29 is 0 Å². The van der Waals surface area contributed by atoms with E-state index < -0.39 is 0 Å². The third-order valence-electron chi connectivity index (χ3n) is 2.75. The molecule has 0 aromatic carbocycles. The lowest BCUT2D eigenvalue weighted by atomic mass is 10.2. The van der Waals surface area contributed by atoms with Gasteiger partial charge in [0, 0.05) is 25.7 Å². The van der Waals surface area contributed by atoms with Crippen molar-refractivity contribution in [2.24, 2.45) is 4.99 Å². The zero-order valence-electron chi connectivity index (χ0n) is 8.21. The first kappa shape index (κ1) is 8.81. The third-order valence-corrected chi connectivity index (χ3v) is 2.75. The van der Waals surface area contributed by atoms with Gasteiger partial charge in [-0.15, -0.1) is 0 Å². The first-order valence-corrected chi connectivity index (χ1v) is 5.11. The van der Waals surface area contributed by atoms with Crippen LogP contribution >= 0.6 is 0 Å². The van der Waals surface area contributed by atoms with Gasteiger partial charge in [-0.05, 0) is 19.9 Å². The average Bonchev–Trinajstić information content (AvgIpc) is 2.71. The second-order valence-corrected chi connectivity index (χ2v) is 3.68. The number of likely N-dealkylation sites (tertiary alicyclic amines) is 1. The molecule has 1 fully saturated rings. The van der Waals surface area contributed by atoms with Gasteiger partial charge < -0.3 is 15.5 Å². The minimum Gasteiger partial charge on any atom is -0.354 e. The van der Waals surface area contributed by atoms with Crippen LogP contribution in [0.15, 0.2) is 4.99 Å². The van der Waals surface area contributed by atoms with Crippen molar-refractivity contribution >= 4 is 5.96 Å². The number of nitrogens with zero attached hydrogens (tertiary/aromatic N) is 2. The van der Waals surface area contributed by atoms with Crippen molar-refractivity contribution in [2.75, 3.05) is 33.2 Å². The number of hydrogen-bond acceptors (Lipinski definition) is 4. The molecule has 1 atom stereocenters. The minimum absolute atomic E-state index is 0.648. The molecule has 0 aliphatic carbocycles. The van der Waals surface area contributed by atoms with Crippen molar-refractivity contribution in [1.29, 1.82) is 0 Å². The average molecular weight is 182 g/mol. The predicted molar refractivity (Wildman–Crippen MR) is 54.0 cm³/mol. The van der Waals surface area contributed by atoms with Gasteiger partial charge in [0.15, 0.2) is 5.96 Å². The van der Waals surface area contributed by atoms with Crippen LogP contribution in [-0.2, 0) is 0 Å². The molecule has 2 rings (SSSR count). The Morgan fingerprint density at radius 3 is 3.31 bits per heavy atom. The molecule has 0 amide bonds. The highest BCUT2D eigenvalue weighted by Crippen LogP contribution is 2.17. The molecule has 2 heterocycles. The molecule has 4 heteroatoms. The van der Waals surface area contributed by atoms with E-state index in [4.69, 9.17) is 0 Å². The van der Waals surface area contributed by atoms with Crippen LogP contribution in [-0.4, -0.2) is 50.1 Å². The molecule has 0 spiro atoms. The lowest BCUT2D eigenvalue weighted by Gasteiger charge is -2.26. The molecule has 0 saturated carbocycles. The molecule has 74 valence electrons. The van der Waals surface area contributed by atoms with E-state index in [9.17, 15) is 0 Å². The number of likely N-dealkylation sites (N-methyl/N-ethyl adjacent to an activating group) is 1. The van der Waals surface area contributed by atoms with Gasteiger partial charge in [0.05, 0.1) is 6.54 Å². The van der Waals surface area contributed by atoms with E-state index in [0.29, 0.717) is 6.04 Å². The Kier molecular flexibility index (Phi) is 2.68. The van der Waals surface area contributed by atoms with Crippen LogP contribution in [0.25, 0.3) is 0 Å². The van der Waals surface area contributed by atoms with Crippen molar-refractivity contribution in [3.8, 4) is 0 Å². The molecular formula is C9H18N4. The van der Waals surface area contributed by atoms with Gasteiger partial charge in [-0.2, -0.15) is 0 Å². The first-order valence-electron chi connectivity index (χ1n) is 5.11. The van der Waals surface area contributed by atoms with E-state index in [1.165, 1.54) is 12.8 Å². The minimum atomic E-state index is 0.648. The molecule has 4 nitrogen and oxygen atoms in total. The van der Waals surface area contributed by atoms with Crippen LogP contribution in [0.4, 0.5) is 0 Å². The van der Waals surface area contributed by atoms with E-state index in [2.05, 4.69) is 20.5 Å². The number of aliphatic imine (C=N–C) groups is 1. The van der Waals surface area contributed by atoms with Crippen LogP contribution < -0.4 is 10.6 Å². The summed E-state index contributed by atoms with van der Waals surface area (Å²) in [6.45, 7) is 4.19. The monoisotopic (exact) mass is 182 g/mol. The summed E-state index contributed by atoms with van der Waals surface area (Å²) in [4.78, 5) is 6.86. The van der Waals surface area contributed by atoms with E-state index in [0.717, 1.165) is 32.1 Å². The van der Waals surface area contributed by atoms with Crippen molar-refractivity contribution in [3.05, 3.63) is 0 Å². The largest absolute Gasteiger partial charge is 0.354 e. The molecule has 0 radical (unpaired) electrons. The van der Waals surface area contributed by atoms with Gasteiger partial charge >= 0.3 is 0 Å². The number of nitrogens with one attached hydrogen (secondary N) is 2. The lowest BCUT2D eigenvalue weighted by molar-refractivity contribution is 0.370. The summed E-state index contributed by atoms with van der Waals surface area (Å²) in [6.07, 6.45) is 2.59. The summed E-state index contributed by atoms with van der Waals surface area (Å²) in [5.74, 6) is 1.12. The summed E-state index contributed by atoms with van der Waals surface area (Å²) in [7, 11) is 2.01. The topological polar surface area (TPSA) is 39.7 Å². The molecule has 0 aromatic rings. The number of guanidine groups is 1. The second kappa shape index (κ2) is 3.96. The fourth-order valence-electron chi connectivity index (χ4n) is 2.14. The quantitative estimate of drug-likeness (QED) is 0.612. The third kappa shape index (κ3) is 1.77. The van der Waals surface area contributed by atoms with Gasteiger partial charge in [0.2, 0.25) is 0 Å². The zero-order valence-corrected chi connectivity index (χ0v) is 8.21. The normalized spacial score (nSPS) is 27.6. The predicted octanol–water partition coefficient (Wildman–Crippen LogP) is -0.371. The highest BCUT2D eigenvalue weighted by molar-refractivity contribution is 5.82. The second-order valence-electron chi connectivity index (χ2n) is 3.68. The molecule has 1 saturated heterocycles. The SMILES string of the molecule is CNCC1CCCN1C1=NCCN1. The molecule has 2 aliphatic rings. The molecule has 2 N–H and O–H groups in total. The van der Waals surface area contributed by atoms with E-state index >= 15 is 0 Å². The van der Waals surface area contributed by atoms with Gasteiger partial charge in [-0.25, -0.2) is 0 Å². The lowest BCUT2D eigenvalue weighted by Crippen LogP contribution is -2.45. The standard InChI is InChI=1S/C9H18N4/c1-10-7-8-3-2-6-13(8)9-11-4-5-12-9/h8,10H,2-7H2,1H3,(H,11,12). The van der Waals surface area contributed by atoms with Crippen LogP contribution in [0, 0.1) is 0 Å². The van der Waals surface area contributed by atoms with E-state index in [1.54, 1.807) is 0 Å². The molecule has 1 unspecified atom stereocenters. The zero-order chi connectivity index (χ0) is 9.10. The molecule has 0 aromatic heterocycles. The van der Waals surface area contributed by atoms with Crippen molar-refractivity contribution in [1.82, 2.24) is 15.5 Å². The number of hydrogen-bond donors (Lipinski definition) is 2. The van der Waals surface area contributed by atoms with Crippen LogP contribution in [0.2, 0.25) is 0 Å². The van der Waals surface area contributed by atoms with Gasteiger partial charge in [0.25, 0.3) is 0 Å². The molecule has 13 heavy (non-hydrogen) atoms. The Hall–Kier alpha value is -0.770. The van der Waals surface area contributed by atoms with Crippen LogP contribution in [0.3, 0.4) is 0 Å². The molecular weight excluding hydrogens is 164 g/mol. The Labute approximate surface area is 79.4 Å². The Bertz CT molecular complexity index is 202. The van der Waals surface area contributed by atoms with Crippen molar-refractivity contribution in [2.45, 2.75) is 18.9 Å². The fourth-order valence-corrected chi connectivity index (χ4v) is 2.14. The highest BCUT2D eigenvalue weighted by atomic mass is 15.4. The Balaban J connectivity index is 1.96. The Morgan fingerprint density at radius 2 is 2.62 bits per heavy atom. The summed E-state index contributed by atoms with van der Waals surface area (Å²) >= 11 is 0. The summed E-state index contributed by atoms with van der Waals surface area (Å²) in [6, 6.07) is 0.648. The maximum absolute atomic E-state index is 4.45. The summed E-state index contributed by atoms with van der Waals surface area (Å²) in [5.41, 5.74) is 0. The first-order chi connectivity index (χ1) is 6.42. The van der Waals surface area contributed by atoms with E-state index in [1.807, 2.05) is 7.05 Å². The van der Waals surface area contributed by atoms with Crippen LogP contribution in [0.5, 0.6) is 0 Å². The summed E-state index contributed by atoms with van der Waals surface area (Å²) < 4.78 is 0. The highest BCUT2D eigenvalue weighted by Gasteiger charge is 2.27. The fraction of sp³-hybridized carbons (Fsp3) is 0.889. The maximum Gasteiger partial charge on any atom is 0.194 e. The molecule has 0 bridgehead atoms. The molecule has 2 aliphatic heterocycles. The van der Waals surface area contributed by atoms with Gasteiger partial charge in [-0.1, -0.05) is 0 Å². The summed E-state index contributed by atoms with van der Waals surface area (Å²) in [5, 5.41) is 6.57. The van der Waals surface area contributed by atoms with Gasteiger partial charge in [0.1, 0.15) is 0 Å². The van der Waals surface area contributed by atoms with Crippen LogP contribution in [0.1, 0.15) is 12.8 Å². The van der Waals surface area contributed by atoms with Crippen molar-refractivity contribution in [3.63, 3.8) is 0 Å². The Morgan fingerprint density at radius 1 is 1.69 bits per heavy atom.